The SMILES string of the molecule is O=C(CN1C(=O)CSc2ccccc21)Nc1ccc(-n2cnc3ccccc32)nc1. The number of benzene rings is 2. The highest BCUT2D eigenvalue weighted by Gasteiger charge is 2.26. The van der Waals surface area contributed by atoms with Crippen LogP contribution in [-0.4, -0.2) is 38.6 Å². The molecule has 2 amide bonds. The number of hydrogen-bond acceptors (Lipinski definition) is 5. The Morgan fingerprint density at radius 2 is 1.87 bits per heavy atom. The van der Waals surface area contributed by atoms with E-state index in [1.807, 2.05) is 59.2 Å². The van der Waals surface area contributed by atoms with Crippen LogP contribution in [0.3, 0.4) is 0 Å². The normalized spacial score (nSPS) is 13.3. The molecule has 2 aromatic carbocycles. The molecule has 0 fully saturated rings. The van der Waals surface area contributed by atoms with Gasteiger partial charge in [0.1, 0.15) is 18.7 Å². The zero-order valence-corrected chi connectivity index (χ0v) is 16.7. The number of aromatic nitrogens is 3. The van der Waals surface area contributed by atoms with Crippen LogP contribution in [0.1, 0.15) is 0 Å². The van der Waals surface area contributed by atoms with Gasteiger partial charge >= 0.3 is 0 Å². The second kappa shape index (κ2) is 7.64. The predicted molar refractivity (Wildman–Crippen MR) is 117 cm³/mol. The largest absolute Gasteiger partial charge is 0.323 e. The molecule has 0 saturated carbocycles. The first-order valence-electron chi connectivity index (χ1n) is 9.39. The van der Waals surface area contributed by atoms with Crippen molar-refractivity contribution in [3.05, 3.63) is 73.2 Å². The number of nitrogens with one attached hydrogen (secondary N) is 1. The van der Waals surface area contributed by atoms with Gasteiger partial charge in [-0.25, -0.2) is 9.97 Å². The molecule has 5 rings (SSSR count). The number of carbonyl (C=O) groups is 2. The summed E-state index contributed by atoms with van der Waals surface area (Å²) in [7, 11) is 0. The Morgan fingerprint density at radius 3 is 2.73 bits per heavy atom. The van der Waals surface area contributed by atoms with Crippen molar-refractivity contribution in [2.24, 2.45) is 0 Å². The van der Waals surface area contributed by atoms with Crippen molar-refractivity contribution in [3.63, 3.8) is 0 Å². The van der Waals surface area contributed by atoms with E-state index in [1.54, 1.807) is 18.6 Å². The molecule has 0 spiro atoms. The summed E-state index contributed by atoms with van der Waals surface area (Å²) in [6.45, 7) is -0.0374. The summed E-state index contributed by atoms with van der Waals surface area (Å²) < 4.78 is 1.89. The van der Waals surface area contributed by atoms with Crippen LogP contribution in [0.2, 0.25) is 0 Å². The number of thioether (sulfide) groups is 1. The van der Waals surface area contributed by atoms with Crippen molar-refractivity contribution in [2.75, 3.05) is 22.5 Å². The van der Waals surface area contributed by atoms with Crippen molar-refractivity contribution in [1.29, 1.82) is 0 Å². The van der Waals surface area contributed by atoms with E-state index in [9.17, 15) is 9.59 Å². The highest BCUT2D eigenvalue weighted by atomic mass is 32.2. The summed E-state index contributed by atoms with van der Waals surface area (Å²) in [5.41, 5.74) is 3.19. The number of amides is 2. The summed E-state index contributed by atoms with van der Waals surface area (Å²) in [5, 5.41) is 2.82. The van der Waals surface area contributed by atoms with Crippen LogP contribution in [0, 0.1) is 0 Å². The van der Waals surface area contributed by atoms with Crippen LogP contribution in [0.5, 0.6) is 0 Å². The van der Waals surface area contributed by atoms with Gasteiger partial charge in [0.15, 0.2) is 0 Å². The fourth-order valence-electron chi connectivity index (χ4n) is 3.42. The molecule has 0 saturated heterocycles. The van der Waals surface area contributed by atoms with Crippen LogP contribution in [0.4, 0.5) is 11.4 Å². The van der Waals surface area contributed by atoms with Crippen LogP contribution in [-0.2, 0) is 9.59 Å². The smallest absolute Gasteiger partial charge is 0.244 e. The Kier molecular flexibility index (Phi) is 4.68. The zero-order valence-electron chi connectivity index (χ0n) is 15.9. The highest BCUT2D eigenvalue weighted by Crippen LogP contribution is 2.34. The second-order valence-electron chi connectivity index (χ2n) is 6.79. The number of para-hydroxylation sites is 3. The van der Waals surface area contributed by atoms with Crippen molar-refractivity contribution in [2.45, 2.75) is 4.90 Å². The van der Waals surface area contributed by atoms with Crippen LogP contribution in [0.15, 0.2) is 78.1 Å². The Morgan fingerprint density at radius 1 is 1.03 bits per heavy atom. The van der Waals surface area contributed by atoms with Gasteiger partial charge in [-0.15, -0.1) is 11.8 Å². The molecule has 3 heterocycles. The van der Waals surface area contributed by atoms with Crippen LogP contribution in [0.25, 0.3) is 16.9 Å². The standard InChI is InChI=1S/C22H17N5O2S/c28-21(12-26-18-7-3-4-8-19(18)30-13-22(26)29)25-15-9-10-20(23-11-15)27-14-24-16-5-1-2-6-17(16)27/h1-11,14H,12-13H2,(H,25,28). The number of carbonyl (C=O) groups excluding carboxylic acids is 2. The van der Waals surface area contributed by atoms with E-state index in [0.717, 1.165) is 21.6 Å². The minimum atomic E-state index is -0.271. The molecule has 0 aliphatic carbocycles. The maximum absolute atomic E-state index is 12.6. The molecule has 7 nitrogen and oxygen atoms in total. The summed E-state index contributed by atoms with van der Waals surface area (Å²) in [6.07, 6.45) is 3.33. The van der Waals surface area contributed by atoms with E-state index in [-0.39, 0.29) is 18.4 Å². The van der Waals surface area contributed by atoms with Crippen LogP contribution < -0.4 is 10.2 Å². The maximum atomic E-state index is 12.6. The van der Waals surface area contributed by atoms with E-state index in [1.165, 1.54) is 16.7 Å². The number of rotatable bonds is 4. The van der Waals surface area contributed by atoms with Crippen molar-refractivity contribution < 1.29 is 9.59 Å². The Bertz CT molecular complexity index is 1250. The third-order valence-corrected chi connectivity index (χ3v) is 5.89. The third-order valence-electron chi connectivity index (χ3n) is 4.84. The lowest BCUT2D eigenvalue weighted by atomic mass is 10.2. The van der Waals surface area contributed by atoms with Gasteiger partial charge in [-0.3, -0.25) is 14.2 Å². The Hall–Kier alpha value is -3.65. The summed E-state index contributed by atoms with van der Waals surface area (Å²) >= 11 is 1.49. The molecule has 0 unspecified atom stereocenters. The minimum Gasteiger partial charge on any atom is -0.323 e. The summed E-state index contributed by atoms with van der Waals surface area (Å²) in [4.78, 5) is 36.3. The molecule has 0 radical (unpaired) electrons. The van der Waals surface area contributed by atoms with E-state index in [4.69, 9.17) is 0 Å². The highest BCUT2D eigenvalue weighted by molar-refractivity contribution is 8.00. The fourth-order valence-corrected chi connectivity index (χ4v) is 4.35. The van der Waals surface area contributed by atoms with Crippen molar-refractivity contribution in [1.82, 2.24) is 14.5 Å². The molecular formula is C22H17N5O2S. The number of hydrogen-bond donors (Lipinski definition) is 1. The third kappa shape index (κ3) is 3.42. The second-order valence-corrected chi connectivity index (χ2v) is 7.81. The minimum absolute atomic E-state index is 0.0374. The molecule has 4 aromatic rings. The lowest BCUT2D eigenvalue weighted by Crippen LogP contribution is -2.41. The quantitative estimate of drug-likeness (QED) is 0.552. The summed E-state index contributed by atoms with van der Waals surface area (Å²) in [5.74, 6) is 0.695. The van der Waals surface area contributed by atoms with E-state index in [2.05, 4.69) is 15.3 Å². The first-order valence-corrected chi connectivity index (χ1v) is 10.4. The lowest BCUT2D eigenvalue weighted by Gasteiger charge is -2.28. The first kappa shape index (κ1) is 18.4. The maximum Gasteiger partial charge on any atom is 0.244 e. The molecule has 1 aliphatic rings. The lowest BCUT2D eigenvalue weighted by molar-refractivity contribution is -0.120. The molecule has 30 heavy (non-hydrogen) atoms. The molecule has 1 aliphatic heterocycles. The van der Waals surface area contributed by atoms with Gasteiger partial charge in [0, 0.05) is 4.90 Å². The molecule has 1 N–H and O–H groups in total. The average molecular weight is 415 g/mol. The number of imidazole rings is 1. The van der Waals surface area contributed by atoms with Gasteiger partial charge in [-0.05, 0) is 36.4 Å². The van der Waals surface area contributed by atoms with E-state index in [0.29, 0.717) is 17.3 Å². The van der Waals surface area contributed by atoms with Gasteiger partial charge in [-0.2, -0.15) is 0 Å². The molecule has 0 atom stereocenters. The van der Waals surface area contributed by atoms with Crippen LogP contribution >= 0.6 is 11.8 Å². The first-order chi connectivity index (χ1) is 14.7. The van der Waals surface area contributed by atoms with Crippen molar-refractivity contribution in [3.8, 4) is 5.82 Å². The zero-order chi connectivity index (χ0) is 20.5. The molecule has 148 valence electrons. The predicted octanol–water partition coefficient (Wildman–Crippen LogP) is 3.50. The van der Waals surface area contributed by atoms with Gasteiger partial charge in [0.05, 0.1) is 34.4 Å². The molecule has 2 aromatic heterocycles. The van der Waals surface area contributed by atoms with Gasteiger partial charge in [0.25, 0.3) is 0 Å². The molecule has 8 heteroatoms. The number of nitrogens with zero attached hydrogens (tertiary/aromatic N) is 4. The summed E-state index contributed by atoms with van der Waals surface area (Å²) in [6, 6.07) is 19.0. The monoisotopic (exact) mass is 415 g/mol. The van der Waals surface area contributed by atoms with E-state index < -0.39 is 0 Å². The topological polar surface area (TPSA) is 80.1 Å². The fraction of sp³-hybridized carbons (Fsp3) is 0.0909. The van der Waals surface area contributed by atoms with Crippen molar-refractivity contribution >= 4 is 46.0 Å². The average Bonchev–Trinajstić information content (AvgIpc) is 3.20. The number of anilines is 2. The Balaban J connectivity index is 1.31. The van der Waals surface area contributed by atoms with E-state index >= 15 is 0 Å². The van der Waals surface area contributed by atoms with Gasteiger partial charge < -0.3 is 10.2 Å². The van der Waals surface area contributed by atoms with Gasteiger partial charge in [-0.1, -0.05) is 24.3 Å². The molecular weight excluding hydrogens is 398 g/mol. The number of fused-ring (bicyclic) bond motifs is 2. The Labute approximate surface area is 176 Å². The van der Waals surface area contributed by atoms with Gasteiger partial charge in [0.2, 0.25) is 11.8 Å². The molecule has 0 bridgehead atoms. The number of pyridine rings is 1.